The van der Waals surface area contributed by atoms with Crippen LogP contribution in [0.2, 0.25) is 0 Å². The average Bonchev–Trinajstić information content (AvgIpc) is 2.76. The number of phenolic OH excluding ortho intramolecular Hbond substituents is 1. The second-order valence-electron chi connectivity index (χ2n) is 4.03. The van der Waals surface area contributed by atoms with Crippen LogP contribution in [0.1, 0.15) is 5.56 Å². The molecule has 0 aromatic heterocycles. The van der Waals surface area contributed by atoms with E-state index in [4.69, 9.17) is 5.11 Å². The first-order valence-corrected chi connectivity index (χ1v) is 5.50. The van der Waals surface area contributed by atoms with E-state index in [9.17, 15) is 26.7 Å². The maximum Gasteiger partial charge on any atom is 0.295 e. The standard InChI is InChI=1S/C12H7F5N2O2/c13-6-1-5(2-7(14)9(6)20)3-8-12(21)18-4-19(8)11(17)10(15)16/h1-4,10-11,20H. The third kappa shape index (κ3) is 2.86. The Kier molecular flexibility index (Phi) is 3.92. The van der Waals surface area contributed by atoms with Gasteiger partial charge in [-0.05, 0) is 23.8 Å². The van der Waals surface area contributed by atoms with Gasteiger partial charge in [-0.15, -0.1) is 0 Å². The molecule has 1 atom stereocenters. The number of phenols is 1. The molecule has 112 valence electrons. The molecule has 21 heavy (non-hydrogen) atoms. The Hall–Kier alpha value is -2.45. The summed E-state index contributed by atoms with van der Waals surface area (Å²) in [6.07, 6.45) is -4.87. The van der Waals surface area contributed by atoms with E-state index in [1.807, 2.05) is 0 Å². The molecule has 4 nitrogen and oxygen atoms in total. The number of aromatic hydroxyl groups is 1. The zero-order valence-corrected chi connectivity index (χ0v) is 10.1. The molecule has 0 fully saturated rings. The number of rotatable bonds is 3. The Balaban J connectivity index is 2.41. The van der Waals surface area contributed by atoms with Gasteiger partial charge in [0.2, 0.25) is 6.30 Å². The molecule has 1 aromatic rings. The summed E-state index contributed by atoms with van der Waals surface area (Å²) in [6.45, 7) is 0. The number of alkyl halides is 3. The first kappa shape index (κ1) is 14.9. The van der Waals surface area contributed by atoms with E-state index in [2.05, 4.69) is 4.99 Å². The highest BCUT2D eigenvalue weighted by atomic mass is 19.3. The Morgan fingerprint density at radius 3 is 2.29 bits per heavy atom. The highest BCUT2D eigenvalue weighted by molar-refractivity contribution is 6.07. The van der Waals surface area contributed by atoms with Crippen LogP contribution in [0, 0.1) is 11.6 Å². The highest BCUT2D eigenvalue weighted by Gasteiger charge is 2.34. The van der Waals surface area contributed by atoms with E-state index in [1.54, 1.807) is 0 Å². The SMILES string of the molecule is O=C1N=CN(C(F)C(F)F)C1=Cc1cc(F)c(O)c(F)c1. The Bertz CT molecular complexity index is 622. The Labute approximate surface area is 114 Å². The van der Waals surface area contributed by atoms with Crippen molar-refractivity contribution in [2.45, 2.75) is 12.7 Å². The predicted octanol–water partition coefficient (Wildman–Crippen LogP) is 2.44. The molecule has 0 saturated carbocycles. The summed E-state index contributed by atoms with van der Waals surface area (Å²) >= 11 is 0. The number of halogens is 5. The third-order valence-corrected chi connectivity index (χ3v) is 2.61. The van der Waals surface area contributed by atoms with Gasteiger partial charge in [0.05, 0.1) is 0 Å². The molecule has 0 bridgehead atoms. The quantitative estimate of drug-likeness (QED) is 0.530. The molecule has 1 amide bonds. The van der Waals surface area contributed by atoms with E-state index in [-0.39, 0.29) is 10.5 Å². The second-order valence-corrected chi connectivity index (χ2v) is 4.03. The van der Waals surface area contributed by atoms with E-state index >= 15 is 0 Å². The topological polar surface area (TPSA) is 52.9 Å². The Morgan fingerprint density at radius 2 is 1.76 bits per heavy atom. The smallest absolute Gasteiger partial charge is 0.295 e. The molecule has 1 N–H and O–H groups in total. The molecule has 0 saturated heterocycles. The lowest BCUT2D eigenvalue weighted by Crippen LogP contribution is -2.34. The van der Waals surface area contributed by atoms with Gasteiger partial charge in [-0.2, -0.15) is 4.99 Å². The monoisotopic (exact) mass is 306 g/mol. The first-order valence-electron chi connectivity index (χ1n) is 5.50. The van der Waals surface area contributed by atoms with E-state index in [0.717, 1.165) is 6.08 Å². The first-order chi connectivity index (χ1) is 9.81. The van der Waals surface area contributed by atoms with Crippen LogP contribution in [0.15, 0.2) is 22.8 Å². The summed E-state index contributed by atoms with van der Waals surface area (Å²) in [6, 6.07) is 1.32. The number of hydrogen-bond acceptors (Lipinski definition) is 3. The number of carbonyl (C=O) groups is 1. The summed E-state index contributed by atoms with van der Waals surface area (Å²) in [5.41, 5.74) is -0.865. The van der Waals surface area contributed by atoms with Crippen LogP contribution in [-0.2, 0) is 4.79 Å². The van der Waals surface area contributed by atoms with Gasteiger partial charge in [0.15, 0.2) is 17.4 Å². The van der Waals surface area contributed by atoms with Crippen LogP contribution in [0.4, 0.5) is 22.0 Å². The highest BCUT2D eigenvalue weighted by Crippen LogP contribution is 2.26. The van der Waals surface area contributed by atoms with Gasteiger partial charge in [0, 0.05) is 0 Å². The van der Waals surface area contributed by atoms with Crippen molar-refractivity contribution in [2.24, 2.45) is 4.99 Å². The van der Waals surface area contributed by atoms with E-state index in [1.165, 1.54) is 0 Å². The van der Waals surface area contributed by atoms with Crippen molar-refractivity contribution >= 4 is 18.3 Å². The fourth-order valence-corrected chi connectivity index (χ4v) is 1.63. The van der Waals surface area contributed by atoms with Crippen molar-refractivity contribution in [1.29, 1.82) is 0 Å². The van der Waals surface area contributed by atoms with E-state index in [0.29, 0.717) is 18.5 Å². The van der Waals surface area contributed by atoms with Gasteiger partial charge in [-0.3, -0.25) is 9.69 Å². The number of hydrogen-bond donors (Lipinski definition) is 1. The molecular formula is C12H7F5N2O2. The third-order valence-electron chi connectivity index (χ3n) is 2.61. The molecule has 1 aromatic carbocycles. The minimum absolute atomic E-state index is 0.260. The van der Waals surface area contributed by atoms with Gasteiger partial charge in [-0.1, -0.05) is 0 Å². The molecule has 0 aliphatic carbocycles. The number of amides is 1. The molecule has 1 aliphatic rings. The van der Waals surface area contributed by atoms with Crippen LogP contribution in [0.25, 0.3) is 6.08 Å². The Morgan fingerprint density at radius 1 is 1.19 bits per heavy atom. The molecule has 1 heterocycles. The molecule has 9 heteroatoms. The number of aliphatic imine (C=N–C) groups is 1. The van der Waals surface area contributed by atoms with Crippen molar-refractivity contribution in [2.75, 3.05) is 0 Å². The summed E-state index contributed by atoms with van der Waals surface area (Å²) in [5.74, 6) is -4.89. The molecule has 1 unspecified atom stereocenters. The number of carbonyl (C=O) groups excluding carboxylic acids is 1. The van der Waals surface area contributed by atoms with Crippen LogP contribution in [0.3, 0.4) is 0 Å². The van der Waals surface area contributed by atoms with Crippen molar-refractivity contribution in [3.05, 3.63) is 35.0 Å². The zero-order valence-electron chi connectivity index (χ0n) is 10.1. The van der Waals surface area contributed by atoms with Crippen molar-refractivity contribution in [1.82, 2.24) is 4.90 Å². The normalized spacial score (nSPS) is 18.1. The minimum Gasteiger partial charge on any atom is -0.503 e. The summed E-state index contributed by atoms with van der Waals surface area (Å²) in [7, 11) is 0. The van der Waals surface area contributed by atoms with E-state index < -0.39 is 41.7 Å². The molecule has 0 radical (unpaired) electrons. The molecular weight excluding hydrogens is 299 g/mol. The minimum atomic E-state index is -3.40. The van der Waals surface area contributed by atoms with Gasteiger partial charge in [0.25, 0.3) is 12.3 Å². The fourth-order valence-electron chi connectivity index (χ4n) is 1.63. The maximum atomic E-state index is 13.3. The lowest BCUT2D eigenvalue weighted by Gasteiger charge is -2.19. The van der Waals surface area contributed by atoms with Gasteiger partial charge in [-0.25, -0.2) is 22.0 Å². The number of benzene rings is 1. The summed E-state index contributed by atoms with van der Waals surface area (Å²) in [5, 5.41) is 8.92. The predicted molar refractivity (Wildman–Crippen MR) is 62.2 cm³/mol. The average molecular weight is 306 g/mol. The maximum absolute atomic E-state index is 13.3. The van der Waals surface area contributed by atoms with Gasteiger partial charge in [0.1, 0.15) is 12.0 Å². The lowest BCUT2D eigenvalue weighted by molar-refractivity contribution is -0.115. The fraction of sp³-hybridized carbons (Fsp3) is 0.167. The van der Waals surface area contributed by atoms with Crippen LogP contribution >= 0.6 is 0 Å². The van der Waals surface area contributed by atoms with Crippen LogP contribution in [-0.4, -0.2) is 35.0 Å². The van der Waals surface area contributed by atoms with Crippen LogP contribution in [0.5, 0.6) is 5.75 Å². The van der Waals surface area contributed by atoms with Gasteiger partial charge < -0.3 is 5.11 Å². The lowest BCUT2D eigenvalue weighted by atomic mass is 10.1. The molecule has 2 rings (SSSR count). The van der Waals surface area contributed by atoms with Crippen molar-refractivity contribution < 1.29 is 31.9 Å². The van der Waals surface area contributed by atoms with Gasteiger partial charge >= 0.3 is 0 Å². The number of nitrogens with zero attached hydrogens (tertiary/aromatic N) is 2. The summed E-state index contributed by atoms with van der Waals surface area (Å²) < 4.78 is 64.2. The van der Waals surface area contributed by atoms with Crippen molar-refractivity contribution in [3.8, 4) is 5.75 Å². The largest absolute Gasteiger partial charge is 0.503 e. The molecule has 1 aliphatic heterocycles. The zero-order chi connectivity index (χ0) is 15.7. The molecule has 0 spiro atoms. The van der Waals surface area contributed by atoms with Crippen molar-refractivity contribution in [3.63, 3.8) is 0 Å². The second kappa shape index (κ2) is 5.51. The summed E-state index contributed by atoms with van der Waals surface area (Å²) in [4.78, 5) is 14.8. The van der Waals surface area contributed by atoms with Crippen LogP contribution < -0.4 is 0 Å².